The quantitative estimate of drug-likeness (QED) is 0.814. The molecule has 19 heavy (non-hydrogen) atoms. The average Bonchev–Trinajstić information content (AvgIpc) is 2.62. The Hall–Kier alpha value is -1.77. The Morgan fingerprint density at radius 1 is 1.16 bits per heavy atom. The van der Waals surface area contributed by atoms with Crippen LogP contribution < -0.4 is 5.32 Å². The van der Waals surface area contributed by atoms with Crippen LogP contribution in [0.25, 0.3) is 11.3 Å². The first-order chi connectivity index (χ1) is 9.04. The second kappa shape index (κ2) is 4.41. The molecule has 2 aromatic rings. The van der Waals surface area contributed by atoms with Gasteiger partial charge in [0, 0.05) is 16.7 Å². The molecule has 0 bridgehead atoms. The standard InChI is InChI=1S/C16H21N3/c1-16(2,3)17-15-13-10-6-8-11-7-4-5-9-12(11)14(13)18-19-15/h4-5,7,9H,6,8,10H2,1-3H3,(H2,17,18,19). The Morgan fingerprint density at radius 3 is 2.74 bits per heavy atom. The first-order valence-electron chi connectivity index (χ1n) is 6.98. The molecule has 3 nitrogen and oxygen atoms in total. The number of aromatic amines is 1. The molecule has 0 amide bonds. The van der Waals surface area contributed by atoms with E-state index in [4.69, 9.17) is 0 Å². The van der Waals surface area contributed by atoms with Crippen molar-refractivity contribution < 1.29 is 0 Å². The van der Waals surface area contributed by atoms with Gasteiger partial charge in [0.1, 0.15) is 0 Å². The largest absolute Gasteiger partial charge is 0.364 e. The van der Waals surface area contributed by atoms with E-state index in [0.717, 1.165) is 18.7 Å². The van der Waals surface area contributed by atoms with Gasteiger partial charge in [0.2, 0.25) is 0 Å². The van der Waals surface area contributed by atoms with E-state index in [2.05, 4.69) is 60.6 Å². The number of nitrogens with zero attached hydrogens (tertiary/aromatic N) is 1. The highest BCUT2D eigenvalue weighted by Gasteiger charge is 2.22. The Morgan fingerprint density at radius 2 is 1.95 bits per heavy atom. The number of anilines is 1. The van der Waals surface area contributed by atoms with Gasteiger partial charge in [0.15, 0.2) is 5.82 Å². The van der Waals surface area contributed by atoms with Gasteiger partial charge in [-0.25, -0.2) is 0 Å². The fourth-order valence-corrected chi connectivity index (χ4v) is 2.73. The molecule has 1 aromatic carbocycles. The molecule has 0 saturated carbocycles. The molecular weight excluding hydrogens is 234 g/mol. The summed E-state index contributed by atoms with van der Waals surface area (Å²) in [5, 5.41) is 11.2. The summed E-state index contributed by atoms with van der Waals surface area (Å²) in [5.41, 5.74) is 5.30. The van der Waals surface area contributed by atoms with Crippen molar-refractivity contribution in [3.8, 4) is 11.3 Å². The summed E-state index contributed by atoms with van der Waals surface area (Å²) in [6.45, 7) is 6.50. The van der Waals surface area contributed by atoms with Gasteiger partial charge in [-0.3, -0.25) is 5.10 Å². The van der Waals surface area contributed by atoms with Crippen molar-refractivity contribution in [1.29, 1.82) is 0 Å². The van der Waals surface area contributed by atoms with Crippen LogP contribution in [0.1, 0.15) is 38.3 Å². The number of H-pyrrole nitrogens is 1. The van der Waals surface area contributed by atoms with Crippen LogP contribution in [-0.2, 0) is 12.8 Å². The molecule has 0 unspecified atom stereocenters. The maximum atomic E-state index is 4.49. The van der Waals surface area contributed by atoms with E-state index in [1.165, 1.54) is 28.8 Å². The lowest BCUT2D eigenvalue weighted by atomic mass is 10.0. The van der Waals surface area contributed by atoms with E-state index in [0.29, 0.717) is 0 Å². The van der Waals surface area contributed by atoms with Crippen LogP contribution in [0.15, 0.2) is 24.3 Å². The predicted octanol–water partition coefficient (Wildman–Crippen LogP) is 3.78. The zero-order valence-corrected chi connectivity index (χ0v) is 11.9. The lowest BCUT2D eigenvalue weighted by molar-refractivity contribution is 0.628. The minimum absolute atomic E-state index is 0.0365. The van der Waals surface area contributed by atoms with Gasteiger partial charge in [-0.1, -0.05) is 24.3 Å². The SMILES string of the molecule is CC(C)(C)Nc1n[nH]c2c1CCCc1ccccc1-2. The number of rotatable bonds is 1. The highest BCUT2D eigenvalue weighted by Crippen LogP contribution is 2.34. The van der Waals surface area contributed by atoms with Crippen molar-refractivity contribution in [1.82, 2.24) is 10.2 Å². The molecule has 0 radical (unpaired) electrons. The zero-order chi connectivity index (χ0) is 13.5. The van der Waals surface area contributed by atoms with Crippen molar-refractivity contribution in [3.05, 3.63) is 35.4 Å². The van der Waals surface area contributed by atoms with Crippen LogP contribution in [0.4, 0.5) is 5.82 Å². The molecule has 1 aliphatic carbocycles. The van der Waals surface area contributed by atoms with Crippen LogP contribution in [-0.4, -0.2) is 15.7 Å². The van der Waals surface area contributed by atoms with Gasteiger partial charge in [-0.2, -0.15) is 5.10 Å². The summed E-state index contributed by atoms with van der Waals surface area (Å²) < 4.78 is 0. The molecule has 0 fully saturated rings. The van der Waals surface area contributed by atoms with Crippen molar-refractivity contribution >= 4 is 5.82 Å². The smallest absolute Gasteiger partial charge is 0.152 e. The van der Waals surface area contributed by atoms with Crippen LogP contribution in [0.2, 0.25) is 0 Å². The molecule has 2 N–H and O–H groups in total. The summed E-state index contributed by atoms with van der Waals surface area (Å²) in [5.74, 6) is 1.01. The van der Waals surface area contributed by atoms with Crippen molar-refractivity contribution in [3.63, 3.8) is 0 Å². The van der Waals surface area contributed by atoms with Gasteiger partial charge >= 0.3 is 0 Å². The van der Waals surface area contributed by atoms with Crippen LogP contribution >= 0.6 is 0 Å². The summed E-state index contributed by atoms with van der Waals surface area (Å²) in [7, 11) is 0. The fraction of sp³-hybridized carbons (Fsp3) is 0.438. The van der Waals surface area contributed by atoms with Gasteiger partial charge in [-0.05, 0) is 45.6 Å². The Kier molecular flexibility index (Phi) is 2.85. The second-order valence-corrected chi connectivity index (χ2v) is 6.31. The van der Waals surface area contributed by atoms with Gasteiger partial charge < -0.3 is 5.32 Å². The Balaban J connectivity index is 2.07. The third-order valence-corrected chi connectivity index (χ3v) is 3.52. The van der Waals surface area contributed by atoms with Gasteiger partial charge in [0.05, 0.1) is 5.69 Å². The number of aromatic nitrogens is 2. The molecule has 3 rings (SSSR count). The molecule has 0 saturated heterocycles. The number of hydrogen-bond donors (Lipinski definition) is 2. The lowest BCUT2D eigenvalue weighted by Crippen LogP contribution is -2.26. The highest BCUT2D eigenvalue weighted by atomic mass is 15.2. The molecule has 1 aliphatic rings. The number of nitrogens with one attached hydrogen (secondary N) is 2. The zero-order valence-electron chi connectivity index (χ0n) is 11.9. The van der Waals surface area contributed by atoms with E-state index in [1.54, 1.807) is 0 Å². The van der Waals surface area contributed by atoms with E-state index in [1.807, 2.05) is 0 Å². The Labute approximate surface area is 114 Å². The maximum Gasteiger partial charge on any atom is 0.152 e. The van der Waals surface area contributed by atoms with Crippen molar-refractivity contribution in [2.45, 2.75) is 45.6 Å². The van der Waals surface area contributed by atoms with Crippen LogP contribution in [0.5, 0.6) is 0 Å². The Bertz CT molecular complexity index is 590. The molecule has 100 valence electrons. The molecule has 0 aliphatic heterocycles. The number of aryl methyl sites for hydroxylation is 1. The van der Waals surface area contributed by atoms with E-state index >= 15 is 0 Å². The summed E-state index contributed by atoms with van der Waals surface area (Å²) in [6.07, 6.45) is 3.41. The molecule has 0 spiro atoms. The topological polar surface area (TPSA) is 40.7 Å². The van der Waals surface area contributed by atoms with E-state index in [9.17, 15) is 0 Å². The minimum atomic E-state index is 0.0365. The van der Waals surface area contributed by atoms with Crippen LogP contribution in [0.3, 0.4) is 0 Å². The first kappa shape index (κ1) is 12.3. The molecule has 0 atom stereocenters. The first-order valence-corrected chi connectivity index (χ1v) is 6.98. The van der Waals surface area contributed by atoms with Crippen molar-refractivity contribution in [2.24, 2.45) is 0 Å². The molecule has 1 aromatic heterocycles. The number of fused-ring (bicyclic) bond motifs is 3. The third kappa shape index (κ3) is 2.37. The molecule has 3 heteroatoms. The van der Waals surface area contributed by atoms with Crippen LogP contribution in [0, 0.1) is 0 Å². The predicted molar refractivity (Wildman–Crippen MR) is 79.4 cm³/mol. The summed E-state index contributed by atoms with van der Waals surface area (Å²) in [6, 6.07) is 8.64. The van der Waals surface area contributed by atoms with Gasteiger partial charge in [-0.15, -0.1) is 0 Å². The van der Waals surface area contributed by atoms with Crippen molar-refractivity contribution in [2.75, 3.05) is 5.32 Å². The highest BCUT2D eigenvalue weighted by molar-refractivity contribution is 5.72. The summed E-state index contributed by atoms with van der Waals surface area (Å²) in [4.78, 5) is 0. The second-order valence-electron chi connectivity index (χ2n) is 6.31. The third-order valence-electron chi connectivity index (χ3n) is 3.52. The monoisotopic (exact) mass is 255 g/mol. The fourth-order valence-electron chi connectivity index (χ4n) is 2.73. The normalized spacial score (nSPS) is 14.5. The van der Waals surface area contributed by atoms with Gasteiger partial charge in [0.25, 0.3) is 0 Å². The number of hydrogen-bond acceptors (Lipinski definition) is 2. The number of benzene rings is 1. The van der Waals surface area contributed by atoms with E-state index in [-0.39, 0.29) is 5.54 Å². The minimum Gasteiger partial charge on any atom is -0.364 e. The summed E-state index contributed by atoms with van der Waals surface area (Å²) >= 11 is 0. The lowest BCUT2D eigenvalue weighted by Gasteiger charge is -2.21. The van der Waals surface area contributed by atoms with E-state index < -0.39 is 0 Å². The molecule has 1 heterocycles. The molecular formula is C16H21N3. The maximum absolute atomic E-state index is 4.49. The average molecular weight is 255 g/mol.